The van der Waals surface area contributed by atoms with Crippen LogP contribution in [0, 0.1) is 18.2 Å². The minimum absolute atomic E-state index is 0.118. The lowest BCUT2D eigenvalue weighted by atomic mass is 10.1. The molecule has 1 aliphatic carbocycles. The zero-order chi connectivity index (χ0) is 10.9. The molecule has 1 aromatic carbocycles. The molecule has 2 rings (SSSR count). The van der Waals surface area contributed by atoms with Crippen molar-refractivity contribution in [2.24, 2.45) is 5.41 Å². The van der Waals surface area contributed by atoms with Gasteiger partial charge in [-0.2, -0.15) is 0 Å². The fourth-order valence-corrected chi connectivity index (χ4v) is 1.72. The maximum atomic E-state index is 13.0. The molecule has 1 fully saturated rings. The van der Waals surface area contributed by atoms with Gasteiger partial charge < -0.3 is 5.32 Å². The van der Waals surface area contributed by atoms with Crippen LogP contribution in [0.4, 0.5) is 4.39 Å². The van der Waals surface area contributed by atoms with Crippen molar-refractivity contribution in [1.29, 1.82) is 0 Å². The zero-order valence-electron chi connectivity index (χ0n) is 9.44. The van der Waals surface area contributed by atoms with Crippen LogP contribution in [-0.2, 0) is 6.54 Å². The summed E-state index contributed by atoms with van der Waals surface area (Å²) in [7, 11) is 0. The minimum Gasteiger partial charge on any atom is -0.312 e. The van der Waals surface area contributed by atoms with Crippen molar-refractivity contribution in [2.45, 2.75) is 33.2 Å². The van der Waals surface area contributed by atoms with Gasteiger partial charge in [0.15, 0.2) is 0 Å². The average molecular weight is 207 g/mol. The van der Waals surface area contributed by atoms with E-state index in [1.807, 2.05) is 12.1 Å². The lowest BCUT2D eigenvalue weighted by Gasteiger charge is -2.10. The molecule has 0 aromatic heterocycles. The Balaban J connectivity index is 1.85. The first-order valence-corrected chi connectivity index (χ1v) is 5.55. The molecule has 0 aliphatic heterocycles. The van der Waals surface area contributed by atoms with Gasteiger partial charge in [0.1, 0.15) is 5.82 Å². The fraction of sp³-hybridized carbons (Fsp3) is 0.538. The first kappa shape index (κ1) is 10.6. The monoisotopic (exact) mass is 207 g/mol. The van der Waals surface area contributed by atoms with Crippen LogP contribution in [0.1, 0.15) is 30.9 Å². The summed E-state index contributed by atoms with van der Waals surface area (Å²) in [4.78, 5) is 0. The SMILES string of the molecule is Cc1cc(CNCC2(C)CC2)ccc1F. The molecule has 1 aliphatic rings. The van der Waals surface area contributed by atoms with Crippen LogP contribution in [0.25, 0.3) is 0 Å². The van der Waals surface area contributed by atoms with Crippen LogP contribution in [-0.4, -0.2) is 6.54 Å². The molecule has 0 spiro atoms. The van der Waals surface area contributed by atoms with Gasteiger partial charge in [-0.25, -0.2) is 4.39 Å². The Labute approximate surface area is 90.7 Å². The highest BCUT2D eigenvalue weighted by Crippen LogP contribution is 2.44. The molecule has 15 heavy (non-hydrogen) atoms. The number of hydrogen-bond acceptors (Lipinski definition) is 1. The van der Waals surface area contributed by atoms with Gasteiger partial charge in [0.05, 0.1) is 0 Å². The van der Waals surface area contributed by atoms with E-state index in [1.165, 1.54) is 12.8 Å². The van der Waals surface area contributed by atoms with Gasteiger partial charge in [-0.1, -0.05) is 19.1 Å². The molecule has 0 heterocycles. The molecular formula is C13H18FN. The van der Waals surface area contributed by atoms with Crippen LogP contribution >= 0.6 is 0 Å². The topological polar surface area (TPSA) is 12.0 Å². The lowest BCUT2D eigenvalue weighted by Crippen LogP contribution is -2.21. The highest BCUT2D eigenvalue weighted by molar-refractivity contribution is 5.23. The predicted molar refractivity (Wildman–Crippen MR) is 60.2 cm³/mol. The number of rotatable bonds is 4. The molecule has 0 atom stereocenters. The van der Waals surface area contributed by atoms with Gasteiger partial charge in [-0.15, -0.1) is 0 Å². The van der Waals surface area contributed by atoms with Gasteiger partial charge in [-0.3, -0.25) is 0 Å². The maximum absolute atomic E-state index is 13.0. The van der Waals surface area contributed by atoms with E-state index in [-0.39, 0.29) is 5.82 Å². The van der Waals surface area contributed by atoms with Gasteiger partial charge in [0.25, 0.3) is 0 Å². The van der Waals surface area contributed by atoms with E-state index in [9.17, 15) is 4.39 Å². The Morgan fingerprint density at radius 1 is 1.40 bits per heavy atom. The highest BCUT2D eigenvalue weighted by atomic mass is 19.1. The van der Waals surface area contributed by atoms with Crippen molar-refractivity contribution in [2.75, 3.05) is 6.54 Å². The number of halogens is 1. The zero-order valence-corrected chi connectivity index (χ0v) is 9.44. The summed E-state index contributed by atoms with van der Waals surface area (Å²) in [6.45, 7) is 6.02. The normalized spacial score (nSPS) is 17.8. The van der Waals surface area contributed by atoms with Gasteiger partial charge in [0.2, 0.25) is 0 Å². The van der Waals surface area contributed by atoms with Gasteiger partial charge in [-0.05, 0) is 42.4 Å². The minimum atomic E-state index is -0.118. The van der Waals surface area contributed by atoms with Crippen molar-refractivity contribution < 1.29 is 4.39 Å². The van der Waals surface area contributed by atoms with Crippen LogP contribution in [0.5, 0.6) is 0 Å². The predicted octanol–water partition coefficient (Wildman–Crippen LogP) is 3.02. The molecule has 1 saturated carbocycles. The summed E-state index contributed by atoms with van der Waals surface area (Å²) in [5.74, 6) is -0.118. The standard InChI is InChI=1S/C13H18FN/c1-10-7-11(3-4-12(10)14)8-15-9-13(2)5-6-13/h3-4,7,15H,5-6,8-9H2,1-2H3. The van der Waals surface area contributed by atoms with E-state index < -0.39 is 0 Å². The fourth-order valence-electron chi connectivity index (χ4n) is 1.72. The van der Waals surface area contributed by atoms with E-state index in [0.717, 1.165) is 24.2 Å². The van der Waals surface area contributed by atoms with E-state index in [0.29, 0.717) is 5.41 Å². The molecule has 2 heteroatoms. The number of aryl methyl sites for hydroxylation is 1. The summed E-state index contributed by atoms with van der Waals surface area (Å²) in [6, 6.07) is 5.31. The second-order valence-electron chi connectivity index (χ2n) is 5.00. The Morgan fingerprint density at radius 2 is 2.13 bits per heavy atom. The summed E-state index contributed by atoms with van der Waals surface area (Å²) in [5, 5.41) is 3.43. The molecule has 0 unspecified atom stereocenters. The molecule has 1 aromatic rings. The van der Waals surface area contributed by atoms with Crippen LogP contribution in [0.15, 0.2) is 18.2 Å². The second kappa shape index (κ2) is 3.93. The number of hydrogen-bond donors (Lipinski definition) is 1. The first-order valence-electron chi connectivity index (χ1n) is 5.55. The smallest absolute Gasteiger partial charge is 0.126 e. The van der Waals surface area contributed by atoms with Gasteiger partial charge in [0, 0.05) is 13.1 Å². The van der Waals surface area contributed by atoms with Crippen molar-refractivity contribution in [3.8, 4) is 0 Å². The summed E-state index contributed by atoms with van der Waals surface area (Å²) in [5.41, 5.74) is 2.43. The third-order valence-corrected chi connectivity index (χ3v) is 3.21. The molecule has 0 radical (unpaired) electrons. The summed E-state index contributed by atoms with van der Waals surface area (Å²) in [6.07, 6.45) is 2.67. The van der Waals surface area contributed by atoms with Crippen LogP contribution in [0.3, 0.4) is 0 Å². The van der Waals surface area contributed by atoms with E-state index in [4.69, 9.17) is 0 Å². The third-order valence-electron chi connectivity index (χ3n) is 3.21. The first-order chi connectivity index (χ1) is 7.09. The molecule has 0 bridgehead atoms. The summed E-state index contributed by atoms with van der Waals surface area (Å²) >= 11 is 0. The molecule has 1 N–H and O–H groups in total. The van der Waals surface area contributed by atoms with Gasteiger partial charge >= 0.3 is 0 Å². The summed E-state index contributed by atoms with van der Waals surface area (Å²) < 4.78 is 13.0. The molecule has 1 nitrogen and oxygen atoms in total. The van der Waals surface area contributed by atoms with Crippen molar-refractivity contribution in [1.82, 2.24) is 5.32 Å². The second-order valence-corrected chi connectivity index (χ2v) is 5.00. The number of benzene rings is 1. The molecule has 0 amide bonds. The van der Waals surface area contributed by atoms with E-state index in [1.54, 1.807) is 13.0 Å². The van der Waals surface area contributed by atoms with Crippen molar-refractivity contribution in [3.63, 3.8) is 0 Å². The Bertz CT molecular complexity index is 356. The Kier molecular flexibility index (Phi) is 2.79. The largest absolute Gasteiger partial charge is 0.312 e. The molecule has 0 saturated heterocycles. The van der Waals surface area contributed by atoms with Crippen LogP contribution < -0.4 is 5.32 Å². The van der Waals surface area contributed by atoms with E-state index in [2.05, 4.69) is 12.2 Å². The maximum Gasteiger partial charge on any atom is 0.126 e. The van der Waals surface area contributed by atoms with Crippen molar-refractivity contribution in [3.05, 3.63) is 35.1 Å². The third kappa shape index (κ3) is 2.78. The Hall–Kier alpha value is -0.890. The quantitative estimate of drug-likeness (QED) is 0.800. The van der Waals surface area contributed by atoms with E-state index >= 15 is 0 Å². The molecule has 82 valence electrons. The number of nitrogens with one attached hydrogen (secondary N) is 1. The van der Waals surface area contributed by atoms with Crippen molar-refractivity contribution >= 4 is 0 Å². The highest BCUT2D eigenvalue weighted by Gasteiger charge is 2.36. The van der Waals surface area contributed by atoms with Crippen LogP contribution in [0.2, 0.25) is 0 Å². The molecular weight excluding hydrogens is 189 g/mol. The lowest BCUT2D eigenvalue weighted by molar-refractivity contribution is 0.499. The average Bonchev–Trinajstić information content (AvgIpc) is 2.90. The Morgan fingerprint density at radius 3 is 2.73 bits per heavy atom.